The first kappa shape index (κ1) is 29.3. The van der Waals surface area contributed by atoms with Gasteiger partial charge in [-0.25, -0.2) is 4.99 Å². The Kier molecular flexibility index (Phi) is 10.1. The molecule has 0 radical (unpaired) electrons. The van der Waals surface area contributed by atoms with Crippen molar-refractivity contribution in [2.45, 2.75) is 24.5 Å². The first-order chi connectivity index (χ1) is 20.1. The van der Waals surface area contributed by atoms with Gasteiger partial charge in [0.25, 0.3) is 5.91 Å². The normalized spacial score (nSPS) is 20.7. The van der Waals surface area contributed by atoms with Crippen LogP contribution in [0.5, 0.6) is 5.75 Å². The van der Waals surface area contributed by atoms with Gasteiger partial charge in [0.2, 0.25) is 5.90 Å². The molecule has 1 amide bonds. The maximum atomic E-state index is 14.3. The van der Waals surface area contributed by atoms with Crippen LogP contribution in [0.2, 0.25) is 0 Å². The van der Waals surface area contributed by atoms with E-state index in [0.717, 1.165) is 40.8 Å². The van der Waals surface area contributed by atoms with Gasteiger partial charge < -0.3 is 24.6 Å². The lowest BCUT2D eigenvalue weighted by molar-refractivity contribution is -0.129. The number of carbonyl (C=O) groups is 1. The SMILES string of the molecule is O=C(NCCN1CCOCC1)[C@]1(Cc2ccccc2)N=C(c2ccc(OCCCO)cc2)O[C@@H]1c1ccccc1Br. The molecule has 0 aromatic heterocycles. The molecular formula is C32H36BrN3O5. The molecule has 0 bridgehead atoms. The predicted molar refractivity (Wildman–Crippen MR) is 161 cm³/mol. The third kappa shape index (κ3) is 7.16. The third-order valence-electron chi connectivity index (χ3n) is 7.35. The number of rotatable bonds is 12. The van der Waals surface area contributed by atoms with Gasteiger partial charge in [-0.05, 0) is 35.9 Å². The summed E-state index contributed by atoms with van der Waals surface area (Å²) in [4.78, 5) is 21.7. The maximum absolute atomic E-state index is 14.3. The minimum Gasteiger partial charge on any atom is -0.494 e. The number of amides is 1. The smallest absolute Gasteiger partial charge is 0.252 e. The molecule has 2 heterocycles. The number of aliphatic hydroxyl groups is 1. The number of aliphatic hydroxyl groups excluding tert-OH is 1. The summed E-state index contributed by atoms with van der Waals surface area (Å²) in [5, 5.41) is 12.2. The summed E-state index contributed by atoms with van der Waals surface area (Å²) in [5.74, 6) is 0.931. The summed E-state index contributed by atoms with van der Waals surface area (Å²) in [5.41, 5.74) is 1.37. The Morgan fingerprint density at radius 1 is 1.05 bits per heavy atom. The van der Waals surface area contributed by atoms with Crippen LogP contribution in [-0.2, 0) is 20.7 Å². The summed E-state index contributed by atoms with van der Waals surface area (Å²) in [6.45, 7) is 4.89. The Morgan fingerprint density at radius 3 is 2.51 bits per heavy atom. The highest BCUT2D eigenvalue weighted by Crippen LogP contribution is 2.44. The van der Waals surface area contributed by atoms with E-state index in [1.165, 1.54) is 0 Å². The highest BCUT2D eigenvalue weighted by atomic mass is 79.9. The fourth-order valence-electron chi connectivity index (χ4n) is 5.16. The van der Waals surface area contributed by atoms with Crippen LogP contribution in [0.1, 0.15) is 29.2 Å². The topological polar surface area (TPSA) is 92.6 Å². The van der Waals surface area contributed by atoms with Gasteiger partial charge in [-0.2, -0.15) is 0 Å². The summed E-state index contributed by atoms with van der Waals surface area (Å²) < 4.78 is 18.6. The lowest BCUT2D eigenvalue weighted by atomic mass is 9.82. The lowest BCUT2D eigenvalue weighted by Crippen LogP contribution is -2.51. The van der Waals surface area contributed by atoms with Gasteiger partial charge in [0.1, 0.15) is 5.75 Å². The molecule has 3 aromatic rings. The van der Waals surface area contributed by atoms with E-state index in [2.05, 4.69) is 26.1 Å². The molecule has 1 fully saturated rings. The van der Waals surface area contributed by atoms with E-state index < -0.39 is 11.6 Å². The van der Waals surface area contributed by atoms with Crippen molar-refractivity contribution < 1.29 is 24.1 Å². The number of hydrogen-bond donors (Lipinski definition) is 2. The van der Waals surface area contributed by atoms with Gasteiger partial charge in [-0.15, -0.1) is 0 Å². The number of benzene rings is 3. The van der Waals surface area contributed by atoms with Crippen molar-refractivity contribution in [1.29, 1.82) is 0 Å². The van der Waals surface area contributed by atoms with Crippen LogP contribution in [-0.4, -0.2) is 80.0 Å². The number of hydrogen-bond acceptors (Lipinski definition) is 7. The average molecular weight is 623 g/mol. The second kappa shape index (κ2) is 14.1. The molecule has 2 aliphatic rings. The van der Waals surface area contributed by atoms with Gasteiger partial charge in [0, 0.05) is 61.2 Å². The van der Waals surface area contributed by atoms with E-state index in [9.17, 15) is 4.79 Å². The molecule has 1 saturated heterocycles. The molecule has 0 unspecified atom stereocenters. The second-order valence-electron chi connectivity index (χ2n) is 10.2. The van der Waals surface area contributed by atoms with Crippen molar-refractivity contribution in [3.8, 4) is 5.75 Å². The van der Waals surface area contributed by atoms with Gasteiger partial charge in [-0.1, -0.05) is 64.5 Å². The Balaban J connectivity index is 1.48. The molecule has 5 rings (SSSR count). The zero-order valence-electron chi connectivity index (χ0n) is 23.0. The Morgan fingerprint density at radius 2 is 1.78 bits per heavy atom. The van der Waals surface area contributed by atoms with Crippen molar-refractivity contribution in [2.75, 3.05) is 52.6 Å². The highest BCUT2D eigenvalue weighted by molar-refractivity contribution is 9.10. The Hall–Kier alpha value is -3.24. The molecule has 41 heavy (non-hydrogen) atoms. The molecule has 9 heteroatoms. The molecule has 0 saturated carbocycles. The standard InChI is InChI=1S/C32H36BrN3O5/c33-28-10-5-4-9-27(28)29-32(23-24-7-2-1-3-8-24,31(38)34-15-16-36-17-21-39-22-18-36)35-30(41-29)25-11-13-26(14-12-25)40-20-6-19-37/h1-5,7-14,29,37H,6,15-23H2,(H,34,38)/t29-,32-/m1/s1. The van der Waals surface area contributed by atoms with Crippen LogP contribution in [0, 0.1) is 0 Å². The minimum atomic E-state index is -1.23. The molecule has 3 aromatic carbocycles. The summed E-state index contributed by atoms with van der Waals surface area (Å²) >= 11 is 3.70. The first-order valence-electron chi connectivity index (χ1n) is 14.1. The fourth-order valence-corrected chi connectivity index (χ4v) is 5.65. The number of nitrogens with one attached hydrogen (secondary N) is 1. The van der Waals surface area contributed by atoms with Gasteiger partial charge in [0.05, 0.1) is 19.8 Å². The van der Waals surface area contributed by atoms with Crippen LogP contribution in [0.4, 0.5) is 0 Å². The molecule has 0 aliphatic carbocycles. The monoisotopic (exact) mass is 621 g/mol. The molecule has 2 aliphatic heterocycles. The van der Waals surface area contributed by atoms with E-state index in [-0.39, 0.29) is 12.5 Å². The predicted octanol–water partition coefficient (Wildman–Crippen LogP) is 4.16. The molecule has 2 atom stereocenters. The molecule has 8 nitrogen and oxygen atoms in total. The molecular weight excluding hydrogens is 586 g/mol. The Bertz CT molecular complexity index is 1310. The second-order valence-corrected chi connectivity index (χ2v) is 11.0. The first-order valence-corrected chi connectivity index (χ1v) is 14.9. The van der Waals surface area contributed by atoms with E-state index in [1.807, 2.05) is 78.9 Å². The van der Waals surface area contributed by atoms with Gasteiger partial charge in [0.15, 0.2) is 11.6 Å². The van der Waals surface area contributed by atoms with Crippen molar-refractivity contribution >= 4 is 27.7 Å². The number of halogens is 1. The number of carbonyl (C=O) groups excluding carboxylic acids is 1. The van der Waals surface area contributed by atoms with Crippen LogP contribution >= 0.6 is 15.9 Å². The maximum Gasteiger partial charge on any atom is 0.252 e. The number of morpholine rings is 1. The molecule has 2 N–H and O–H groups in total. The van der Waals surface area contributed by atoms with E-state index in [4.69, 9.17) is 24.3 Å². The quantitative estimate of drug-likeness (QED) is 0.295. The molecule has 216 valence electrons. The van der Waals surface area contributed by atoms with Crippen LogP contribution in [0.25, 0.3) is 0 Å². The van der Waals surface area contributed by atoms with Crippen LogP contribution < -0.4 is 10.1 Å². The van der Waals surface area contributed by atoms with E-state index in [1.54, 1.807) is 0 Å². The number of ether oxygens (including phenoxy) is 3. The van der Waals surface area contributed by atoms with Crippen molar-refractivity contribution in [1.82, 2.24) is 10.2 Å². The number of nitrogens with zero attached hydrogens (tertiary/aromatic N) is 2. The van der Waals surface area contributed by atoms with Crippen LogP contribution in [0.15, 0.2) is 88.3 Å². The summed E-state index contributed by atoms with van der Waals surface area (Å²) in [7, 11) is 0. The Labute approximate surface area is 249 Å². The van der Waals surface area contributed by atoms with E-state index in [0.29, 0.717) is 50.9 Å². The highest BCUT2D eigenvalue weighted by Gasteiger charge is 2.53. The third-order valence-corrected chi connectivity index (χ3v) is 8.07. The minimum absolute atomic E-state index is 0.0805. The average Bonchev–Trinajstić information content (AvgIpc) is 3.39. The van der Waals surface area contributed by atoms with Crippen molar-refractivity contribution in [3.05, 3.63) is 100 Å². The lowest BCUT2D eigenvalue weighted by Gasteiger charge is -2.32. The largest absolute Gasteiger partial charge is 0.494 e. The van der Waals surface area contributed by atoms with Crippen LogP contribution in [0.3, 0.4) is 0 Å². The number of aliphatic imine (C=N–C) groups is 1. The fraction of sp³-hybridized carbons (Fsp3) is 0.375. The zero-order chi connectivity index (χ0) is 28.5. The summed E-state index contributed by atoms with van der Waals surface area (Å²) in [6, 6.07) is 25.3. The molecule has 0 spiro atoms. The van der Waals surface area contributed by atoms with Gasteiger partial charge >= 0.3 is 0 Å². The summed E-state index contributed by atoms with van der Waals surface area (Å²) in [6.07, 6.45) is 0.278. The van der Waals surface area contributed by atoms with Crippen molar-refractivity contribution in [3.63, 3.8) is 0 Å². The van der Waals surface area contributed by atoms with Gasteiger partial charge in [-0.3, -0.25) is 9.69 Å². The van der Waals surface area contributed by atoms with E-state index >= 15 is 0 Å². The van der Waals surface area contributed by atoms with Crippen molar-refractivity contribution in [2.24, 2.45) is 4.99 Å². The zero-order valence-corrected chi connectivity index (χ0v) is 24.6.